The van der Waals surface area contributed by atoms with E-state index in [-0.39, 0.29) is 0 Å². The smallest absolute Gasteiger partial charge is 0.124 e. The van der Waals surface area contributed by atoms with Crippen LogP contribution in [0.2, 0.25) is 0 Å². The number of hydrogen-bond donors (Lipinski definition) is 1. The predicted octanol–water partition coefficient (Wildman–Crippen LogP) is 2.24. The summed E-state index contributed by atoms with van der Waals surface area (Å²) in [7, 11) is 0. The molecule has 100 valence electrons. The van der Waals surface area contributed by atoms with E-state index >= 15 is 0 Å². The second-order valence-electron chi connectivity index (χ2n) is 5.06. The molecule has 2 aromatic rings. The van der Waals surface area contributed by atoms with Crippen LogP contribution in [0, 0.1) is 5.92 Å². The third-order valence-corrected chi connectivity index (χ3v) is 3.62. The van der Waals surface area contributed by atoms with Crippen molar-refractivity contribution < 1.29 is 4.74 Å². The van der Waals surface area contributed by atoms with Crippen molar-refractivity contribution in [2.75, 3.05) is 13.2 Å². The molecule has 2 unspecified atom stereocenters. The summed E-state index contributed by atoms with van der Waals surface area (Å²) in [6, 6.07) is 8.67. The minimum absolute atomic E-state index is 0.369. The second-order valence-corrected chi connectivity index (χ2v) is 5.06. The maximum absolute atomic E-state index is 5.76. The fraction of sp³-hybridized carbons (Fsp3) is 0.400. The molecule has 2 atom stereocenters. The SMILES string of the molecule is CC1COc2ccccc2C1NCCn1ccnc1. The van der Waals surface area contributed by atoms with Gasteiger partial charge >= 0.3 is 0 Å². The van der Waals surface area contributed by atoms with E-state index in [1.54, 1.807) is 0 Å². The lowest BCUT2D eigenvalue weighted by Crippen LogP contribution is -2.35. The number of benzene rings is 1. The highest BCUT2D eigenvalue weighted by Gasteiger charge is 2.26. The number of rotatable bonds is 4. The Morgan fingerprint density at radius 2 is 2.32 bits per heavy atom. The van der Waals surface area contributed by atoms with Crippen LogP contribution in [0.15, 0.2) is 43.0 Å². The molecule has 1 aliphatic rings. The summed E-state index contributed by atoms with van der Waals surface area (Å²) in [6.07, 6.45) is 5.65. The summed E-state index contributed by atoms with van der Waals surface area (Å²) in [4.78, 5) is 4.05. The first kappa shape index (κ1) is 12.2. The largest absolute Gasteiger partial charge is 0.493 e. The van der Waals surface area contributed by atoms with E-state index in [1.165, 1.54) is 5.56 Å². The van der Waals surface area contributed by atoms with E-state index in [0.29, 0.717) is 12.0 Å². The van der Waals surface area contributed by atoms with Crippen LogP contribution in [0.1, 0.15) is 18.5 Å². The standard InChI is InChI=1S/C15H19N3O/c1-12-10-19-14-5-3-2-4-13(14)15(12)17-7-9-18-8-6-16-11-18/h2-6,8,11-12,15,17H,7,9-10H2,1H3. The number of fused-ring (bicyclic) bond motifs is 1. The molecule has 0 spiro atoms. The monoisotopic (exact) mass is 257 g/mol. The summed E-state index contributed by atoms with van der Waals surface area (Å²) >= 11 is 0. The highest BCUT2D eigenvalue weighted by atomic mass is 16.5. The summed E-state index contributed by atoms with van der Waals surface area (Å²) in [5.74, 6) is 1.50. The van der Waals surface area contributed by atoms with Crippen molar-refractivity contribution in [1.82, 2.24) is 14.9 Å². The topological polar surface area (TPSA) is 39.1 Å². The molecule has 0 saturated carbocycles. The van der Waals surface area contributed by atoms with E-state index in [2.05, 4.69) is 33.9 Å². The van der Waals surface area contributed by atoms with Crippen LogP contribution < -0.4 is 10.1 Å². The van der Waals surface area contributed by atoms with Gasteiger partial charge in [0.05, 0.1) is 12.9 Å². The molecule has 4 heteroatoms. The summed E-state index contributed by atoms with van der Waals surface area (Å²) < 4.78 is 7.85. The molecule has 0 bridgehead atoms. The van der Waals surface area contributed by atoms with Gasteiger partial charge in [0.2, 0.25) is 0 Å². The highest BCUT2D eigenvalue weighted by Crippen LogP contribution is 2.34. The van der Waals surface area contributed by atoms with Crippen molar-refractivity contribution >= 4 is 0 Å². The number of hydrogen-bond acceptors (Lipinski definition) is 3. The summed E-state index contributed by atoms with van der Waals surface area (Å²) in [5, 5.41) is 3.64. The van der Waals surface area contributed by atoms with E-state index in [4.69, 9.17) is 4.74 Å². The van der Waals surface area contributed by atoms with Crippen LogP contribution in [0.3, 0.4) is 0 Å². The van der Waals surface area contributed by atoms with E-state index in [9.17, 15) is 0 Å². The Morgan fingerprint density at radius 1 is 1.42 bits per heavy atom. The molecule has 1 aromatic heterocycles. The molecule has 1 aromatic carbocycles. The first-order valence-electron chi connectivity index (χ1n) is 6.75. The minimum atomic E-state index is 0.369. The van der Waals surface area contributed by atoms with E-state index in [1.807, 2.05) is 30.9 Å². The molecular formula is C15H19N3O. The molecule has 0 saturated heterocycles. The van der Waals surface area contributed by atoms with Gasteiger partial charge in [-0.2, -0.15) is 0 Å². The zero-order valence-electron chi connectivity index (χ0n) is 11.1. The average molecular weight is 257 g/mol. The highest BCUT2D eigenvalue weighted by molar-refractivity contribution is 5.37. The molecule has 2 heterocycles. The molecular weight excluding hydrogens is 238 g/mol. The quantitative estimate of drug-likeness (QED) is 0.913. The van der Waals surface area contributed by atoms with Crippen LogP contribution in [-0.4, -0.2) is 22.7 Å². The van der Waals surface area contributed by atoms with Crippen LogP contribution >= 0.6 is 0 Å². The lowest BCUT2D eigenvalue weighted by Gasteiger charge is -2.32. The van der Waals surface area contributed by atoms with Crippen molar-refractivity contribution in [2.24, 2.45) is 5.92 Å². The van der Waals surface area contributed by atoms with Gasteiger partial charge < -0.3 is 14.6 Å². The molecule has 0 fully saturated rings. The van der Waals surface area contributed by atoms with E-state index < -0.39 is 0 Å². The zero-order valence-corrected chi connectivity index (χ0v) is 11.1. The van der Waals surface area contributed by atoms with Crippen LogP contribution in [0.5, 0.6) is 5.75 Å². The summed E-state index contributed by atoms with van der Waals surface area (Å²) in [6.45, 7) is 4.87. The maximum Gasteiger partial charge on any atom is 0.124 e. The third kappa shape index (κ3) is 2.63. The van der Waals surface area contributed by atoms with Crippen LogP contribution in [0.4, 0.5) is 0 Å². The van der Waals surface area contributed by atoms with Crippen LogP contribution in [0.25, 0.3) is 0 Å². The Morgan fingerprint density at radius 3 is 3.16 bits per heavy atom. The number of imidazole rings is 1. The summed E-state index contributed by atoms with van der Waals surface area (Å²) in [5.41, 5.74) is 1.27. The van der Waals surface area contributed by atoms with Crippen molar-refractivity contribution in [3.05, 3.63) is 48.5 Å². The normalized spacial score (nSPS) is 21.7. The molecule has 1 N–H and O–H groups in total. The lowest BCUT2D eigenvalue weighted by atomic mass is 9.92. The van der Waals surface area contributed by atoms with Gasteiger partial charge in [0, 0.05) is 43.0 Å². The molecule has 0 radical (unpaired) electrons. The Bertz CT molecular complexity index is 524. The van der Waals surface area contributed by atoms with Gasteiger partial charge in [-0.25, -0.2) is 4.98 Å². The number of ether oxygens (including phenoxy) is 1. The van der Waals surface area contributed by atoms with Crippen molar-refractivity contribution in [3.63, 3.8) is 0 Å². The van der Waals surface area contributed by atoms with Crippen LogP contribution in [-0.2, 0) is 6.54 Å². The first-order valence-corrected chi connectivity index (χ1v) is 6.75. The number of aromatic nitrogens is 2. The van der Waals surface area contributed by atoms with Gasteiger partial charge in [-0.3, -0.25) is 0 Å². The maximum atomic E-state index is 5.76. The second kappa shape index (κ2) is 5.45. The minimum Gasteiger partial charge on any atom is -0.493 e. The van der Waals surface area contributed by atoms with Gasteiger partial charge in [0.15, 0.2) is 0 Å². The fourth-order valence-electron chi connectivity index (χ4n) is 2.57. The molecule has 0 amide bonds. The number of nitrogens with one attached hydrogen (secondary N) is 1. The number of para-hydroxylation sites is 1. The first-order chi connectivity index (χ1) is 9.34. The van der Waals surface area contributed by atoms with Crippen molar-refractivity contribution in [1.29, 1.82) is 0 Å². The molecule has 19 heavy (non-hydrogen) atoms. The van der Waals surface area contributed by atoms with Crippen molar-refractivity contribution in [2.45, 2.75) is 19.5 Å². The van der Waals surface area contributed by atoms with Crippen molar-refractivity contribution in [3.8, 4) is 5.75 Å². The Hall–Kier alpha value is -1.81. The molecule has 4 nitrogen and oxygen atoms in total. The molecule has 1 aliphatic heterocycles. The van der Waals surface area contributed by atoms with Gasteiger partial charge in [-0.1, -0.05) is 25.1 Å². The van der Waals surface area contributed by atoms with Gasteiger partial charge in [-0.15, -0.1) is 0 Å². The Kier molecular flexibility index (Phi) is 3.51. The predicted molar refractivity (Wildman–Crippen MR) is 74.1 cm³/mol. The molecule has 3 rings (SSSR count). The third-order valence-electron chi connectivity index (χ3n) is 3.62. The van der Waals surface area contributed by atoms with Gasteiger partial charge in [0.1, 0.15) is 5.75 Å². The van der Waals surface area contributed by atoms with Gasteiger partial charge in [0.25, 0.3) is 0 Å². The van der Waals surface area contributed by atoms with Gasteiger partial charge in [-0.05, 0) is 6.07 Å². The lowest BCUT2D eigenvalue weighted by molar-refractivity contribution is 0.188. The fourth-order valence-corrected chi connectivity index (χ4v) is 2.57. The number of nitrogens with zero attached hydrogens (tertiary/aromatic N) is 2. The zero-order chi connectivity index (χ0) is 13.1. The van der Waals surface area contributed by atoms with E-state index in [0.717, 1.165) is 25.4 Å². The molecule has 0 aliphatic carbocycles. The average Bonchev–Trinajstić information content (AvgIpc) is 2.94. The Labute approximate surface area is 113 Å². The Balaban J connectivity index is 1.66.